The summed E-state index contributed by atoms with van der Waals surface area (Å²) in [6.45, 7) is 4.43. The molecular formula is C17H23N3O3S. The van der Waals surface area contributed by atoms with Crippen LogP contribution in [0.15, 0.2) is 33.0 Å². The van der Waals surface area contributed by atoms with E-state index in [1.807, 2.05) is 19.1 Å². The number of nitrogens with one attached hydrogen (secondary N) is 1. The Hall–Kier alpha value is -1.86. The van der Waals surface area contributed by atoms with E-state index >= 15 is 0 Å². The molecule has 1 N–H and O–H groups in total. The fraction of sp³-hybridized carbons (Fsp3) is 0.529. The zero-order valence-electron chi connectivity index (χ0n) is 13.9. The van der Waals surface area contributed by atoms with E-state index in [0.29, 0.717) is 6.54 Å². The van der Waals surface area contributed by atoms with E-state index in [1.54, 1.807) is 11.6 Å². The smallest absolute Gasteiger partial charge is 0.307 e. The lowest BCUT2D eigenvalue weighted by Gasteiger charge is -2.33. The summed E-state index contributed by atoms with van der Waals surface area (Å²) in [5, 5.41) is 4.74. The Kier molecular flexibility index (Phi) is 5.52. The van der Waals surface area contributed by atoms with Gasteiger partial charge in [0.2, 0.25) is 5.91 Å². The van der Waals surface area contributed by atoms with Gasteiger partial charge in [-0.3, -0.25) is 19.1 Å². The van der Waals surface area contributed by atoms with Crippen molar-refractivity contribution in [2.75, 3.05) is 19.6 Å². The number of piperidine rings is 1. The van der Waals surface area contributed by atoms with Crippen molar-refractivity contribution < 1.29 is 9.21 Å². The quantitative estimate of drug-likeness (QED) is 0.868. The van der Waals surface area contributed by atoms with E-state index in [9.17, 15) is 9.59 Å². The molecule has 7 heteroatoms. The average molecular weight is 349 g/mol. The maximum absolute atomic E-state index is 12.3. The van der Waals surface area contributed by atoms with Gasteiger partial charge in [0.1, 0.15) is 12.3 Å². The van der Waals surface area contributed by atoms with Crippen LogP contribution in [-0.4, -0.2) is 35.0 Å². The topological polar surface area (TPSA) is 67.5 Å². The number of likely N-dealkylation sites (tertiary alicyclic amines) is 1. The molecule has 1 fully saturated rings. The van der Waals surface area contributed by atoms with Crippen LogP contribution in [0.2, 0.25) is 0 Å². The normalized spacial score (nSPS) is 16.9. The van der Waals surface area contributed by atoms with Gasteiger partial charge in [-0.15, -0.1) is 0 Å². The van der Waals surface area contributed by atoms with Crippen LogP contribution in [0, 0.1) is 6.92 Å². The van der Waals surface area contributed by atoms with Gasteiger partial charge >= 0.3 is 4.87 Å². The van der Waals surface area contributed by atoms with Crippen LogP contribution >= 0.6 is 11.3 Å². The van der Waals surface area contributed by atoms with Gasteiger partial charge < -0.3 is 9.73 Å². The summed E-state index contributed by atoms with van der Waals surface area (Å²) in [4.78, 5) is 26.3. The first-order valence-electron chi connectivity index (χ1n) is 8.34. The van der Waals surface area contributed by atoms with E-state index in [1.165, 1.54) is 23.8 Å². The van der Waals surface area contributed by atoms with Gasteiger partial charge in [-0.1, -0.05) is 17.8 Å². The van der Waals surface area contributed by atoms with Crippen molar-refractivity contribution in [2.45, 2.75) is 38.8 Å². The zero-order chi connectivity index (χ0) is 16.9. The molecule has 3 heterocycles. The first kappa shape index (κ1) is 17.0. The average Bonchev–Trinajstić information content (AvgIpc) is 3.22. The number of thiazole rings is 1. The second-order valence-corrected chi connectivity index (χ2v) is 6.98. The molecule has 130 valence electrons. The number of hydrogen-bond acceptors (Lipinski definition) is 5. The molecule has 1 unspecified atom stereocenters. The highest BCUT2D eigenvalue weighted by Gasteiger charge is 2.25. The Morgan fingerprint density at radius 3 is 2.79 bits per heavy atom. The minimum absolute atomic E-state index is 0.0459. The minimum Gasteiger partial charge on any atom is -0.468 e. The molecule has 1 atom stereocenters. The number of carbonyl (C=O) groups excluding carboxylic acids is 1. The third-order valence-electron chi connectivity index (χ3n) is 4.47. The number of aryl methyl sites for hydroxylation is 1. The fourth-order valence-corrected chi connectivity index (χ4v) is 3.86. The second kappa shape index (κ2) is 7.81. The first-order valence-corrected chi connectivity index (χ1v) is 9.22. The molecule has 1 amide bonds. The Bertz CT molecular complexity index is 714. The molecule has 1 aliphatic heterocycles. The second-order valence-electron chi connectivity index (χ2n) is 6.16. The predicted molar refractivity (Wildman–Crippen MR) is 93.2 cm³/mol. The van der Waals surface area contributed by atoms with Crippen molar-refractivity contribution in [3.05, 3.63) is 44.9 Å². The number of aromatic nitrogens is 1. The molecule has 24 heavy (non-hydrogen) atoms. The van der Waals surface area contributed by atoms with Crippen LogP contribution < -0.4 is 10.2 Å². The van der Waals surface area contributed by atoms with Gasteiger partial charge in [0.15, 0.2) is 0 Å². The van der Waals surface area contributed by atoms with Crippen molar-refractivity contribution in [1.29, 1.82) is 0 Å². The maximum Gasteiger partial charge on any atom is 0.307 e. The van der Waals surface area contributed by atoms with Gasteiger partial charge in [-0.25, -0.2) is 0 Å². The van der Waals surface area contributed by atoms with E-state index in [4.69, 9.17) is 4.42 Å². The third kappa shape index (κ3) is 3.96. The highest BCUT2D eigenvalue weighted by molar-refractivity contribution is 7.07. The van der Waals surface area contributed by atoms with E-state index in [-0.39, 0.29) is 23.4 Å². The molecule has 0 spiro atoms. The number of hydrogen-bond donors (Lipinski definition) is 1. The van der Waals surface area contributed by atoms with Crippen LogP contribution in [0.5, 0.6) is 0 Å². The van der Waals surface area contributed by atoms with Crippen LogP contribution in [-0.2, 0) is 11.3 Å². The molecule has 0 bridgehead atoms. The van der Waals surface area contributed by atoms with Crippen molar-refractivity contribution in [1.82, 2.24) is 14.8 Å². The van der Waals surface area contributed by atoms with Gasteiger partial charge in [-0.05, 0) is 45.0 Å². The Morgan fingerprint density at radius 1 is 1.38 bits per heavy atom. The molecule has 0 aliphatic carbocycles. The SMILES string of the molecule is Cc1csc(=O)n1CC(=O)NCC(c1ccco1)N1CCCCC1. The monoisotopic (exact) mass is 349 g/mol. The minimum atomic E-state index is -0.146. The standard InChI is InChI=1S/C17H23N3O3S/c1-13-12-24-17(22)20(13)11-16(21)18-10-14(15-6-5-9-23-15)19-7-3-2-4-8-19/h5-6,9,12,14H,2-4,7-8,10-11H2,1H3,(H,18,21). The Labute approximate surface area is 145 Å². The summed E-state index contributed by atoms with van der Waals surface area (Å²) in [7, 11) is 0. The molecule has 3 rings (SSSR count). The van der Waals surface area contributed by atoms with E-state index < -0.39 is 0 Å². The largest absolute Gasteiger partial charge is 0.468 e. The van der Waals surface area contributed by atoms with Crippen LogP contribution in [0.1, 0.15) is 36.8 Å². The zero-order valence-corrected chi connectivity index (χ0v) is 14.7. The molecule has 1 aliphatic rings. The molecule has 0 saturated carbocycles. The van der Waals surface area contributed by atoms with Crippen LogP contribution in [0.25, 0.3) is 0 Å². The molecule has 1 saturated heterocycles. The number of amides is 1. The highest BCUT2D eigenvalue weighted by Crippen LogP contribution is 2.24. The first-order chi connectivity index (χ1) is 11.6. The van der Waals surface area contributed by atoms with Gasteiger partial charge in [0, 0.05) is 17.6 Å². The lowest BCUT2D eigenvalue weighted by molar-refractivity contribution is -0.122. The summed E-state index contributed by atoms with van der Waals surface area (Å²) in [5.41, 5.74) is 0.818. The molecule has 2 aromatic heterocycles. The third-order valence-corrected chi connectivity index (χ3v) is 5.35. The summed E-state index contributed by atoms with van der Waals surface area (Å²) in [5.74, 6) is 0.730. The maximum atomic E-state index is 12.3. The molecule has 6 nitrogen and oxygen atoms in total. The Morgan fingerprint density at radius 2 is 2.17 bits per heavy atom. The molecule has 0 aromatic carbocycles. The Balaban J connectivity index is 1.63. The lowest BCUT2D eigenvalue weighted by atomic mass is 10.1. The van der Waals surface area contributed by atoms with Crippen LogP contribution in [0.3, 0.4) is 0 Å². The van der Waals surface area contributed by atoms with E-state index in [2.05, 4.69) is 10.2 Å². The van der Waals surface area contributed by atoms with E-state index in [0.717, 1.165) is 35.9 Å². The molecule has 0 radical (unpaired) electrons. The van der Waals surface area contributed by atoms with Crippen molar-refractivity contribution >= 4 is 17.2 Å². The molecular weight excluding hydrogens is 326 g/mol. The highest BCUT2D eigenvalue weighted by atomic mass is 32.1. The van der Waals surface area contributed by atoms with Gasteiger partial charge in [-0.2, -0.15) is 0 Å². The number of furan rings is 1. The summed E-state index contributed by atoms with van der Waals surface area (Å²) in [6, 6.07) is 3.88. The van der Waals surface area contributed by atoms with Crippen molar-refractivity contribution in [3.8, 4) is 0 Å². The van der Waals surface area contributed by atoms with Gasteiger partial charge in [0.25, 0.3) is 0 Å². The molecule has 2 aromatic rings. The lowest BCUT2D eigenvalue weighted by Crippen LogP contribution is -2.41. The summed E-state index contributed by atoms with van der Waals surface area (Å²) in [6.07, 6.45) is 5.28. The predicted octanol–water partition coefficient (Wildman–Crippen LogP) is 2.15. The number of nitrogens with zero attached hydrogens (tertiary/aromatic N) is 2. The fourth-order valence-electron chi connectivity index (χ4n) is 3.13. The van der Waals surface area contributed by atoms with Gasteiger partial charge in [0.05, 0.1) is 12.3 Å². The summed E-state index contributed by atoms with van der Waals surface area (Å²) >= 11 is 1.12. The van der Waals surface area contributed by atoms with Crippen LogP contribution in [0.4, 0.5) is 0 Å². The summed E-state index contributed by atoms with van der Waals surface area (Å²) < 4.78 is 7.08. The number of carbonyl (C=O) groups is 1. The number of rotatable bonds is 6. The van der Waals surface area contributed by atoms with Crippen molar-refractivity contribution in [3.63, 3.8) is 0 Å². The van der Waals surface area contributed by atoms with Crippen molar-refractivity contribution in [2.24, 2.45) is 0 Å².